The first kappa shape index (κ1) is 22.5. The molecule has 0 aromatic heterocycles. The summed E-state index contributed by atoms with van der Waals surface area (Å²) in [6.07, 6.45) is 0.268. The predicted molar refractivity (Wildman–Crippen MR) is 127 cm³/mol. The normalized spacial score (nSPS) is 27.6. The number of likely N-dealkylation sites (tertiary alicyclic amines) is 1. The molecule has 4 atom stereocenters. The second-order valence-electron chi connectivity index (χ2n) is 9.90. The monoisotopic (exact) mass is 490 g/mol. The van der Waals surface area contributed by atoms with E-state index in [2.05, 4.69) is 10.6 Å². The van der Waals surface area contributed by atoms with Crippen molar-refractivity contribution in [3.8, 4) is 11.5 Å². The lowest BCUT2D eigenvalue weighted by Gasteiger charge is -2.29. The van der Waals surface area contributed by atoms with Crippen molar-refractivity contribution in [3.63, 3.8) is 0 Å². The SMILES string of the molecule is Cc1ccc2c(c1C)NC(=O)[C@@]21N[C@H](CCC(N)=O)[C@H]2C(=O)N(Cc3ccc4c(c3)OCO4)C(=O)[C@H]21. The van der Waals surface area contributed by atoms with Crippen LogP contribution in [0.5, 0.6) is 11.5 Å². The van der Waals surface area contributed by atoms with Crippen LogP contribution >= 0.6 is 0 Å². The summed E-state index contributed by atoms with van der Waals surface area (Å²) in [6.45, 7) is 4.03. The Labute approximate surface area is 207 Å². The van der Waals surface area contributed by atoms with Crippen LogP contribution in [0.15, 0.2) is 30.3 Å². The van der Waals surface area contributed by atoms with Gasteiger partial charge in [0.05, 0.1) is 18.4 Å². The number of nitrogens with one attached hydrogen (secondary N) is 2. The molecule has 4 N–H and O–H groups in total. The van der Waals surface area contributed by atoms with Crippen LogP contribution in [0, 0.1) is 25.7 Å². The number of nitrogens with zero attached hydrogens (tertiary/aromatic N) is 1. The third-order valence-electron chi connectivity index (χ3n) is 7.99. The summed E-state index contributed by atoms with van der Waals surface area (Å²) >= 11 is 0. The van der Waals surface area contributed by atoms with Gasteiger partial charge in [0.2, 0.25) is 30.4 Å². The number of anilines is 1. The molecule has 0 saturated carbocycles. The quantitative estimate of drug-likeness (QED) is 0.536. The number of fused-ring (bicyclic) bond motifs is 5. The minimum atomic E-state index is -1.41. The van der Waals surface area contributed by atoms with E-state index in [1.165, 1.54) is 4.90 Å². The van der Waals surface area contributed by atoms with E-state index in [0.717, 1.165) is 11.1 Å². The number of rotatable bonds is 5. The Morgan fingerprint density at radius 3 is 2.67 bits per heavy atom. The van der Waals surface area contributed by atoms with E-state index in [4.69, 9.17) is 15.2 Å². The molecule has 4 aliphatic heterocycles. The first-order valence-electron chi connectivity index (χ1n) is 11.9. The number of amides is 4. The highest BCUT2D eigenvalue weighted by Crippen LogP contribution is 2.54. The van der Waals surface area contributed by atoms with Gasteiger partial charge in [0.15, 0.2) is 11.5 Å². The number of nitrogens with two attached hydrogens (primary N) is 1. The molecule has 0 aliphatic carbocycles. The zero-order valence-electron chi connectivity index (χ0n) is 19.9. The molecule has 0 bridgehead atoms. The summed E-state index contributed by atoms with van der Waals surface area (Å²) in [5.41, 5.74) is 7.93. The number of ether oxygens (including phenoxy) is 2. The van der Waals surface area contributed by atoms with Crippen LogP contribution in [0.3, 0.4) is 0 Å². The van der Waals surface area contributed by atoms with Gasteiger partial charge in [0, 0.05) is 23.7 Å². The predicted octanol–water partition coefficient (Wildman–Crippen LogP) is 1.22. The second kappa shape index (κ2) is 7.79. The Hall–Kier alpha value is -3.92. The summed E-state index contributed by atoms with van der Waals surface area (Å²) in [7, 11) is 0. The van der Waals surface area contributed by atoms with Crippen molar-refractivity contribution in [2.24, 2.45) is 17.6 Å². The fourth-order valence-corrected chi connectivity index (χ4v) is 6.10. The zero-order valence-corrected chi connectivity index (χ0v) is 19.9. The molecule has 4 amide bonds. The number of imide groups is 1. The Morgan fingerprint density at radius 1 is 1.11 bits per heavy atom. The number of hydrogen-bond donors (Lipinski definition) is 3. The van der Waals surface area contributed by atoms with Gasteiger partial charge in [0.25, 0.3) is 0 Å². The minimum Gasteiger partial charge on any atom is -0.454 e. The largest absolute Gasteiger partial charge is 0.454 e. The lowest BCUT2D eigenvalue weighted by Crippen LogP contribution is -2.53. The molecule has 6 rings (SSSR count). The third kappa shape index (κ3) is 3.00. The van der Waals surface area contributed by atoms with Crippen LogP contribution in [0.4, 0.5) is 5.69 Å². The van der Waals surface area contributed by atoms with Crippen LogP contribution in [0.2, 0.25) is 0 Å². The number of primary amides is 1. The van der Waals surface area contributed by atoms with Crippen molar-refractivity contribution in [1.29, 1.82) is 0 Å². The van der Waals surface area contributed by atoms with Gasteiger partial charge in [0.1, 0.15) is 5.54 Å². The van der Waals surface area contributed by atoms with Crippen molar-refractivity contribution in [3.05, 3.63) is 52.6 Å². The Balaban J connectivity index is 1.41. The van der Waals surface area contributed by atoms with E-state index in [1.807, 2.05) is 26.0 Å². The molecule has 10 nitrogen and oxygen atoms in total. The molecule has 10 heteroatoms. The van der Waals surface area contributed by atoms with Gasteiger partial charge < -0.3 is 20.5 Å². The molecule has 36 heavy (non-hydrogen) atoms. The molecular weight excluding hydrogens is 464 g/mol. The van der Waals surface area contributed by atoms with E-state index in [0.29, 0.717) is 28.3 Å². The van der Waals surface area contributed by atoms with Crippen molar-refractivity contribution < 1.29 is 28.7 Å². The van der Waals surface area contributed by atoms with Gasteiger partial charge in [-0.1, -0.05) is 18.2 Å². The highest BCUT2D eigenvalue weighted by Gasteiger charge is 2.70. The van der Waals surface area contributed by atoms with Crippen molar-refractivity contribution >= 4 is 29.3 Å². The van der Waals surface area contributed by atoms with E-state index in [9.17, 15) is 19.2 Å². The van der Waals surface area contributed by atoms with Crippen LogP contribution in [-0.2, 0) is 31.3 Å². The van der Waals surface area contributed by atoms with Gasteiger partial charge in [-0.3, -0.25) is 29.4 Å². The summed E-state index contributed by atoms with van der Waals surface area (Å²) in [5.74, 6) is -2.25. The van der Waals surface area contributed by atoms with Gasteiger partial charge in [-0.15, -0.1) is 0 Å². The van der Waals surface area contributed by atoms with Crippen LogP contribution in [0.25, 0.3) is 0 Å². The fraction of sp³-hybridized carbons (Fsp3) is 0.385. The molecule has 4 aliphatic rings. The van der Waals surface area contributed by atoms with Gasteiger partial charge >= 0.3 is 0 Å². The average molecular weight is 491 g/mol. The van der Waals surface area contributed by atoms with Gasteiger partial charge in [-0.05, 0) is 49.1 Å². The molecule has 2 fully saturated rings. The molecule has 4 heterocycles. The van der Waals surface area contributed by atoms with Crippen molar-refractivity contribution in [2.45, 2.75) is 44.8 Å². The Bertz CT molecular complexity index is 1360. The fourth-order valence-electron chi connectivity index (χ4n) is 6.10. The molecule has 0 radical (unpaired) electrons. The molecular formula is C26H26N4O6. The standard InChI is InChI=1S/C26H26N4O6/c1-12-3-5-15-22(13(12)2)28-25(34)26(15)21-20(16(29-26)6-8-19(27)31)23(32)30(24(21)33)10-14-4-7-17-18(9-14)36-11-35-17/h3-5,7,9,16,20-21,29H,6,8,10-11H2,1-2H3,(H2,27,31)(H,28,34)/t16-,20-,21+,26-/m1/s1. The lowest BCUT2D eigenvalue weighted by atomic mass is 9.76. The number of hydrogen-bond acceptors (Lipinski definition) is 7. The third-order valence-corrected chi connectivity index (χ3v) is 7.99. The molecule has 2 aromatic rings. The smallest absolute Gasteiger partial charge is 0.250 e. The molecule has 2 saturated heterocycles. The minimum absolute atomic E-state index is 0.0298. The zero-order chi connectivity index (χ0) is 25.4. The summed E-state index contributed by atoms with van der Waals surface area (Å²) < 4.78 is 10.8. The maximum atomic E-state index is 13.9. The average Bonchev–Trinajstić information content (AvgIpc) is 3.57. The molecule has 2 aromatic carbocycles. The molecule has 0 unspecified atom stereocenters. The van der Waals surface area contributed by atoms with Crippen molar-refractivity contribution in [1.82, 2.24) is 10.2 Å². The topological polar surface area (TPSA) is 140 Å². The van der Waals surface area contributed by atoms with Gasteiger partial charge in [-0.25, -0.2) is 0 Å². The highest BCUT2D eigenvalue weighted by atomic mass is 16.7. The number of aryl methyl sites for hydroxylation is 1. The molecule has 186 valence electrons. The molecule has 1 spiro atoms. The van der Waals surface area contributed by atoms with Crippen molar-refractivity contribution in [2.75, 3.05) is 12.1 Å². The second-order valence-corrected chi connectivity index (χ2v) is 9.90. The number of carbonyl (C=O) groups is 4. The van der Waals surface area contributed by atoms with E-state index in [-0.39, 0.29) is 38.0 Å². The van der Waals surface area contributed by atoms with Crippen LogP contribution in [0.1, 0.15) is 35.1 Å². The summed E-state index contributed by atoms with van der Waals surface area (Å²) in [6, 6.07) is 8.46. The first-order chi connectivity index (χ1) is 17.2. The number of benzene rings is 2. The Morgan fingerprint density at radius 2 is 1.89 bits per heavy atom. The Kier molecular flexibility index (Phi) is 4.88. The van der Waals surface area contributed by atoms with Gasteiger partial charge in [-0.2, -0.15) is 0 Å². The number of carbonyl (C=O) groups excluding carboxylic acids is 4. The van der Waals surface area contributed by atoms with Crippen LogP contribution < -0.4 is 25.8 Å². The highest BCUT2D eigenvalue weighted by molar-refractivity contribution is 6.15. The van der Waals surface area contributed by atoms with E-state index in [1.54, 1.807) is 18.2 Å². The van der Waals surface area contributed by atoms with E-state index < -0.39 is 35.2 Å². The lowest BCUT2D eigenvalue weighted by molar-refractivity contribution is -0.143. The maximum absolute atomic E-state index is 13.9. The summed E-state index contributed by atoms with van der Waals surface area (Å²) in [4.78, 5) is 54.1. The first-order valence-corrected chi connectivity index (χ1v) is 11.9. The van der Waals surface area contributed by atoms with E-state index >= 15 is 0 Å². The summed E-state index contributed by atoms with van der Waals surface area (Å²) in [5, 5.41) is 6.29. The van der Waals surface area contributed by atoms with Crippen LogP contribution in [-0.4, -0.2) is 41.4 Å². The maximum Gasteiger partial charge on any atom is 0.250 e.